The SMILES string of the molecule is COC(=O)[C@@H](CCCCC#N)NC(=O)[C@@H](Cc1ccccc1F)NC(C)=O. The van der Waals surface area contributed by atoms with Crippen molar-refractivity contribution in [3.8, 4) is 6.07 Å². The molecule has 1 aromatic carbocycles. The fourth-order valence-electron chi connectivity index (χ4n) is 2.55. The summed E-state index contributed by atoms with van der Waals surface area (Å²) in [5.74, 6) is -2.16. The second-order valence-corrected chi connectivity index (χ2v) is 6.04. The maximum Gasteiger partial charge on any atom is 0.328 e. The number of carbonyl (C=O) groups excluding carboxylic acids is 3. The van der Waals surface area contributed by atoms with Crippen LogP contribution in [-0.4, -0.2) is 37.0 Å². The third-order valence-electron chi connectivity index (χ3n) is 3.91. The molecule has 0 saturated heterocycles. The average Bonchev–Trinajstić information content (AvgIpc) is 2.64. The van der Waals surface area contributed by atoms with Gasteiger partial charge < -0.3 is 15.4 Å². The maximum absolute atomic E-state index is 13.9. The van der Waals surface area contributed by atoms with Crippen LogP contribution in [0.4, 0.5) is 4.39 Å². The number of nitriles is 1. The predicted octanol–water partition coefficient (Wildman–Crippen LogP) is 1.61. The largest absolute Gasteiger partial charge is 0.467 e. The fourth-order valence-corrected chi connectivity index (χ4v) is 2.55. The molecule has 0 unspecified atom stereocenters. The van der Waals surface area contributed by atoms with E-state index in [0.717, 1.165) is 0 Å². The number of hydrogen-bond acceptors (Lipinski definition) is 5. The van der Waals surface area contributed by atoms with Crippen molar-refractivity contribution in [3.63, 3.8) is 0 Å². The molecule has 0 saturated carbocycles. The molecule has 0 aromatic heterocycles. The number of carbonyl (C=O) groups is 3. The van der Waals surface area contributed by atoms with Gasteiger partial charge in [0.2, 0.25) is 11.8 Å². The summed E-state index contributed by atoms with van der Waals surface area (Å²) in [5.41, 5.74) is 0.273. The normalized spacial score (nSPS) is 12.4. The highest BCUT2D eigenvalue weighted by molar-refractivity contribution is 5.90. The van der Waals surface area contributed by atoms with Crippen molar-refractivity contribution >= 4 is 17.8 Å². The van der Waals surface area contributed by atoms with Gasteiger partial charge in [0, 0.05) is 19.8 Å². The van der Waals surface area contributed by atoms with Gasteiger partial charge in [0.05, 0.1) is 13.2 Å². The number of nitrogens with one attached hydrogen (secondary N) is 2. The summed E-state index contributed by atoms with van der Waals surface area (Å²) >= 11 is 0. The van der Waals surface area contributed by atoms with E-state index >= 15 is 0 Å². The number of benzene rings is 1. The predicted molar refractivity (Wildman–Crippen MR) is 95.7 cm³/mol. The standard InChI is InChI=1S/C19H24FN3O4/c1-13(24)22-17(12-14-8-5-6-9-15(14)20)18(25)23-16(19(26)27-2)10-4-3-7-11-21/h5-6,8-9,16-17H,3-4,7,10,12H2,1-2H3,(H,22,24)(H,23,25)/t16-,17-/m1/s1. The van der Waals surface area contributed by atoms with Gasteiger partial charge in [-0.25, -0.2) is 9.18 Å². The number of esters is 1. The van der Waals surface area contributed by atoms with Gasteiger partial charge in [0.15, 0.2) is 0 Å². The number of hydrogen-bond donors (Lipinski definition) is 2. The van der Waals surface area contributed by atoms with Crippen LogP contribution in [0.5, 0.6) is 0 Å². The molecule has 146 valence electrons. The van der Waals surface area contributed by atoms with Gasteiger partial charge in [0.1, 0.15) is 17.9 Å². The van der Waals surface area contributed by atoms with Crippen molar-refractivity contribution in [2.24, 2.45) is 0 Å². The van der Waals surface area contributed by atoms with E-state index in [4.69, 9.17) is 10.00 Å². The molecular weight excluding hydrogens is 353 g/mol. The lowest BCUT2D eigenvalue weighted by atomic mass is 10.0. The Morgan fingerprint density at radius 3 is 2.48 bits per heavy atom. The van der Waals surface area contributed by atoms with Crippen molar-refractivity contribution in [3.05, 3.63) is 35.6 Å². The Morgan fingerprint density at radius 2 is 1.89 bits per heavy atom. The summed E-state index contributed by atoms with van der Waals surface area (Å²) in [6.45, 7) is 1.25. The molecule has 1 aromatic rings. The summed E-state index contributed by atoms with van der Waals surface area (Å²) in [6, 6.07) is 6.02. The molecule has 0 aliphatic heterocycles. The van der Waals surface area contributed by atoms with Crippen molar-refractivity contribution < 1.29 is 23.5 Å². The van der Waals surface area contributed by atoms with E-state index in [9.17, 15) is 18.8 Å². The molecule has 2 atom stereocenters. The van der Waals surface area contributed by atoms with Gasteiger partial charge in [-0.05, 0) is 30.9 Å². The second-order valence-electron chi connectivity index (χ2n) is 6.04. The fraction of sp³-hybridized carbons (Fsp3) is 0.474. The summed E-state index contributed by atoms with van der Waals surface area (Å²) in [5, 5.41) is 13.6. The molecule has 8 heteroatoms. The molecular formula is C19H24FN3O4. The lowest BCUT2D eigenvalue weighted by Gasteiger charge is -2.22. The number of methoxy groups -OCH3 is 1. The van der Waals surface area contributed by atoms with Gasteiger partial charge in [-0.3, -0.25) is 9.59 Å². The van der Waals surface area contributed by atoms with Gasteiger partial charge >= 0.3 is 5.97 Å². The van der Waals surface area contributed by atoms with E-state index in [1.54, 1.807) is 6.07 Å². The highest BCUT2D eigenvalue weighted by atomic mass is 19.1. The zero-order valence-corrected chi connectivity index (χ0v) is 15.5. The van der Waals surface area contributed by atoms with Gasteiger partial charge in [-0.15, -0.1) is 0 Å². The van der Waals surface area contributed by atoms with E-state index in [0.29, 0.717) is 25.7 Å². The molecule has 7 nitrogen and oxygen atoms in total. The Morgan fingerprint density at radius 1 is 1.19 bits per heavy atom. The lowest BCUT2D eigenvalue weighted by Crippen LogP contribution is -2.52. The number of rotatable bonds is 10. The second kappa shape index (κ2) is 11.6. The number of unbranched alkanes of at least 4 members (excludes halogenated alkanes) is 2. The first-order chi connectivity index (χ1) is 12.9. The van der Waals surface area contributed by atoms with Crippen LogP contribution in [0.2, 0.25) is 0 Å². The number of nitrogens with zero attached hydrogens (tertiary/aromatic N) is 1. The molecule has 0 fully saturated rings. The number of halogens is 1. The van der Waals surface area contributed by atoms with E-state index in [2.05, 4.69) is 10.6 Å². The van der Waals surface area contributed by atoms with Crippen LogP contribution in [0.15, 0.2) is 24.3 Å². The lowest BCUT2D eigenvalue weighted by molar-refractivity contribution is -0.145. The molecule has 27 heavy (non-hydrogen) atoms. The van der Waals surface area contributed by atoms with Crippen molar-refractivity contribution in [2.45, 2.75) is 51.1 Å². The van der Waals surface area contributed by atoms with Crippen molar-refractivity contribution in [1.82, 2.24) is 10.6 Å². The van der Waals surface area contributed by atoms with Crippen LogP contribution in [0.25, 0.3) is 0 Å². The quantitative estimate of drug-likeness (QED) is 0.476. The summed E-state index contributed by atoms with van der Waals surface area (Å²) < 4.78 is 18.6. The van der Waals surface area contributed by atoms with Crippen LogP contribution < -0.4 is 10.6 Å². The Kier molecular flexibility index (Phi) is 9.51. The minimum Gasteiger partial charge on any atom is -0.467 e. The van der Waals surface area contributed by atoms with Crippen LogP contribution in [0.1, 0.15) is 38.2 Å². The first-order valence-electron chi connectivity index (χ1n) is 8.64. The Labute approximate surface area is 157 Å². The smallest absolute Gasteiger partial charge is 0.328 e. The minimum atomic E-state index is -1.04. The van der Waals surface area contributed by atoms with Crippen LogP contribution in [0.3, 0.4) is 0 Å². The zero-order chi connectivity index (χ0) is 20.2. The molecule has 0 heterocycles. The van der Waals surface area contributed by atoms with Gasteiger partial charge in [-0.2, -0.15) is 5.26 Å². The van der Waals surface area contributed by atoms with Crippen molar-refractivity contribution in [2.75, 3.05) is 7.11 Å². The maximum atomic E-state index is 13.9. The summed E-state index contributed by atoms with van der Waals surface area (Å²) in [6.07, 6.45) is 1.73. The topological polar surface area (TPSA) is 108 Å². The van der Waals surface area contributed by atoms with E-state index in [-0.39, 0.29) is 12.0 Å². The van der Waals surface area contributed by atoms with Gasteiger partial charge in [0.25, 0.3) is 0 Å². The van der Waals surface area contributed by atoms with E-state index in [1.807, 2.05) is 6.07 Å². The van der Waals surface area contributed by atoms with Crippen molar-refractivity contribution in [1.29, 1.82) is 5.26 Å². The Bertz CT molecular complexity index is 702. The van der Waals surface area contributed by atoms with E-state index < -0.39 is 35.7 Å². The number of ether oxygens (including phenoxy) is 1. The summed E-state index contributed by atoms with van der Waals surface area (Å²) in [4.78, 5) is 36.0. The molecule has 2 amide bonds. The third-order valence-corrected chi connectivity index (χ3v) is 3.91. The monoisotopic (exact) mass is 377 g/mol. The Balaban J connectivity index is 2.85. The van der Waals surface area contributed by atoms with E-state index in [1.165, 1.54) is 32.2 Å². The third kappa shape index (κ3) is 7.86. The average molecular weight is 377 g/mol. The van der Waals surface area contributed by atoms with Crippen LogP contribution in [0, 0.1) is 17.1 Å². The minimum absolute atomic E-state index is 0.0551. The first kappa shape index (κ1) is 22.1. The highest BCUT2D eigenvalue weighted by Gasteiger charge is 2.27. The zero-order valence-electron chi connectivity index (χ0n) is 15.5. The molecule has 0 radical (unpaired) electrons. The number of amides is 2. The van der Waals surface area contributed by atoms with Crippen LogP contribution in [-0.2, 0) is 25.5 Å². The highest BCUT2D eigenvalue weighted by Crippen LogP contribution is 2.11. The summed E-state index contributed by atoms with van der Waals surface area (Å²) in [7, 11) is 1.21. The first-order valence-corrected chi connectivity index (χ1v) is 8.64. The Hall–Kier alpha value is -2.95. The molecule has 2 N–H and O–H groups in total. The van der Waals surface area contributed by atoms with Gasteiger partial charge in [-0.1, -0.05) is 18.2 Å². The van der Waals surface area contributed by atoms with Crippen LogP contribution >= 0.6 is 0 Å². The molecule has 0 aliphatic carbocycles. The molecule has 0 bridgehead atoms. The molecule has 1 rings (SSSR count). The molecule has 0 spiro atoms. The molecule has 0 aliphatic rings.